The highest BCUT2D eigenvalue weighted by atomic mass is 32.2. The molecule has 1 atom stereocenters. The number of carbonyl (C=O) groups is 1. The Morgan fingerprint density at radius 1 is 1.18 bits per heavy atom. The first-order valence-corrected chi connectivity index (χ1v) is 7.86. The van der Waals surface area contributed by atoms with Crippen molar-refractivity contribution in [1.29, 1.82) is 5.26 Å². The van der Waals surface area contributed by atoms with Gasteiger partial charge >= 0.3 is 0 Å². The molecule has 0 aromatic heterocycles. The predicted molar refractivity (Wildman–Crippen MR) is 89.1 cm³/mol. The van der Waals surface area contributed by atoms with Crippen molar-refractivity contribution < 1.29 is 9.53 Å². The number of anilines is 1. The average molecular weight is 312 g/mol. The Balaban J connectivity index is 1.92. The maximum Gasteiger partial charge on any atom is 0.237 e. The molecule has 1 amide bonds. The van der Waals surface area contributed by atoms with Gasteiger partial charge in [-0.1, -0.05) is 18.2 Å². The van der Waals surface area contributed by atoms with Crippen LogP contribution in [0.4, 0.5) is 5.69 Å². The van der Waals surface area contributed by atoms with E-state index in [0.29, 0.717) is 17.2 Å². The number of nitrogens with zero attached hydrogens (tertiary/aromatic N) is 1. The number of hydrogen-bond donors (Lipinski definition) is 1. The molecule has 0 aliphatic rings. The van der Waals surface area contributed by atoms with Crippen molar-refractivity contribution in [3.8, 4) is 17.6 Å². The molecule has 112 valence electrons. The third kappa shape index (κ3) is 4.83. The maximum atomic E-state index is 11.9. The number of carbonyl (C=O) groups excluding carboxylic acids is 1. The largest absolute Gasteiger partial charge is 0.457 e. The Labute approximate surface area is 134 Å². The summed E-state index contributed by atoms with van der Waals surface area (Å²) in [5, 5.41) is 11.1. The third-order valence-electron chi connectivity index (χ3n) is 2.87. The molecular weight excluding hydrogens is 296 g/mol. The number of nitriles is 1. The van der Waals surface area contributed by atoms with E-state index in [-0.39, 0.29) is 11.2 Å². The van der Waals surface area contributed by atoms with Crippen LogP contribution >= 0.6 is 11.8 Å². The molecule has 1 unspecified atom stereocenters. The van der Waals surface area contributed by atoms with Gasteiger partial charge in [0, 0.05) is 5.69 Å². The van der Waals surface area contributed by atoms with E-state index < -0.39 is 0 Å². The fourth-order valence-corrected chi connectivity index (χ4v) is 2.25. The SMILES string of the molecule is CC(SCC#N)C(=O)Nc1ccc(Oc2ccccc2)cc1. The van der Waals surface area contributed by atoms with Gasteiger partial charge in [-0.2, -0.15) is 5.26 Å². The monoisotopic (exact) mass is 312 g/mol. The summed E-state index contributed by atoms with van der Waals surface area (Å²) < 4.78 is 5.69. The molecule has 5 heteroatoms. The standard InChI is InChI=1S/C17H16N2O2S/c1-13(22-12-11-18)17(20)19-14-7-9-16(10-8-14)21-15-5-3-2-4-6-15/h2-10,13H,12H2,1H3,(H,19,20). The second kappa shape index (κ2) is 8.11. The minimum Gasteiger partial charge on any atom is -0.457 e. The van der Waals surface area contributed by atoms with Gasteiger partial charge in [-0.25, -0.2) is 0 Å². The lowest BCUT2D eigenvalue weighted by Crippen LogP contribution is -2.22. The van der Waals surface area contributed by atoms with Crippen LogP contribution < -0.4 is 10.1 Å². The van der Waals surface area contributed by atoms with Crippen LogP contribution in [-0.2, 0) is 4.79 Å². The van der Waals surface area contributed by atoms with Crippen molar-refractivity contribution in [1.82, 2.24) is 0 Å². The lowest BCUT2D eigenvalue weighted by Gasteiger charge is -2.11. The van der Waals surface area contributed by atoms with Crippen molar-refractivity contribution in [3.05, 3.63) is 54.6 Å². The lowest BCUT2D eigenvalue weighted by molar-refractivity contribution is -0.115. The number of benzene rings is 2. The molecule has 4 nitrogen and oxygen atoms in total. The number of thioether (sulfide) groups is 1. The van der Waals surface area contributed by atoms with Crippen molar-refractivity contribution in [2.24, 2.45) is 0 Å². The smallest absolute Gasteiger partial charge is 0.237 e. The van der Waals surface area contributed by atoms with E-state index in [4.69, 9.17) is 10.00 Å². The Kier molecular flexibility index (Phi) is 5.87. The van der Waals surface area contributed by atoms with Gasteiger partial charge in [0.15, 0.2) is 0 Å². The number of nitrogens with one attached hydrogen (secondary N) is 1. The van der Waals surface area contributed by atoms with Gasteiger partial charge in [0.25, 0.3) is 0 Å². The van der Waals surface area contributed by atoms with Crippen molar-refractivity contribution in [3.63, 3.8) is 0 Å². The fourth-order valence-electron chi connectivity index (χ4n) is 1.71. The molecule has 2 aromatic rings. The highest BCUT2D eigenvalue weighted by Crippen LogP contribution is 2.23. The summed E-state index contributed by atoms with van der Waals surface area (Å²) in [4.78, 5) is 11.9. The van der Waals surface area contributed by atoms with Gasteiger partial charge in [-0.15, -0.1) is 11.8 Å². The third-order valence-corrected chi connectivity index (χ3v) is 3.88. The van der Waals surface area contributed by atoms with E-state index in [1.807, 2.05) is 36.4 Å². The summed E-state index contributed by atoms with van der Waals surface area (Å²) in [6, 6.07) is 18.7. The molecule has 0 aliphatic carbocycles. The van der Waals surface area contributed by atoms with E-state index in [0.717, 1.165) is 5.75 Å². The Hall–Kier alpha value is -2.45. The summed E-state index contributed by atoms with van der Waals surface area (Å²) in [5.74, 6) is 1.66. The first-order valence-electron chi connectivity index (χ1n) is 6.81. The zero-order valence-corrected chi connectivity index (χ0v) is 13.0. The molecule has 22 heavy (non-hydrogen) atoms. The average Bonchev–Trinajstić information content (AvgIpc) is 2.55. The Bertz CT molecular complexity index is 651. The fraction of sp³-hybridized carbons (Fsp3) is 0.176. The van der Waals surface area contributed by atoms with E-state index in [9.17, 15) is 4.79 Å². The highest BCUT2D eigenvalue weighted by Gasteiger charge is 2.13. The number of hydrogen-bond acceptors (Lipinski definition) is 4. The molecule has 2 rings (SSSR count). The van der Waals surface area contributed by atoms with Crippen LogP contribution in [0.15, 0.2) is 54.6 Å². The first-order chi connectivity index (χ1) is 10.7. The molecule has 0 bridgehead atoms. The summed E-state index contributed by atoms with van der Waals surface area (Å²) in [7, 11) is 0. The van der Waals surface area contributed by atoms with Crippen LogP contribution in [-0.4, -0.2) is 16.9 Å². The van der Waals surface area contributed by atoms with Crippen LogP contribution in [0.25, 0.3) is 0 Å². The summed E-state index contributed by atoms with van der Waals surface area (Å²) >= 11 is 1.31. The van der Waals surface area contributed by atoms with E-state index >= 15 is 0 Å². The molecule has 0 heterocycles. The summed E-state index contributed by atoms with van der Waals surface area (Å²) in [6.07, 6.45) is 0. The molecular formula is C17H16N2O2S. The van der Waals surface area contributed by atoms with Crippen LogP contribution in [0.1, 0.15) is 6.92 Å². The van der Waals surface area contributed by atoms with Gasteiger partial charge in [0.1, 0.15) is 11.5 Å². The van der Waals surface area contributed by atoms with Crippen LogP contribution in [0.5, 0.6) is 11.5 Å². The second-order valence-electron chi connectivity index (χ2n) is 4.54. The molecule has 0 radical (unpaired) electrons. The summed E-state index contributed by atoms with van der Waals surface area (Å²) in [6.45, 7) is 1.78. The number of para-hydroxylation sites is 1. The topological polar surface area (TPSA) is 62.1 Å². The number of rotatable bonds is 6. The maximum absolute atomic E-state index is 11.9. The first kappa shape index (κ1) is 15.9. The van der Waals surface area contributed by atoms with E-state index in [2.05, 4.69) is 5.32 Å². The zero-order valence-electron chi connectivity index (χ0n) is 12.2. The lowest BCUT2D eigenvalue weighted by atomic mass is 10.3. The molecule has 0 saturated heterocycles. The molecule has 0 spiro atoms. The van der Waals surface area contributed by atoms with Crippen molar-refractivity contribution in [2.75, 3.05) is 11.1 Å². The van der Waals surface area contributed by atoms with Gasteiger partial charge in [0.05, 0.1) is 17.1 Å². The van der Waals surface area contributed by atoms with Gasteiger partial charge in [-0.3, -0.25) is 4.79 Å². The summed E-state index contributed by atoms with van der Waals surface area (Å²) in [5.41, 5.74) is 0.704. The van der Waals surface area contributed by atoms with Gasteiger partial charge in [0.2, 0.25) is 5.91 Å². The van der Waals surface area contributed by atoms with E-state index in [1.165, 1.54) is 11.8 Å². The quantitative estimate of drug-likeness (QED) is 0.873. The zero-order chi connectivity index (χ0) is 15.8. The highest BCUT2D eigenvalue weighted by molar-refractivity contribution is 8.00. The Morgan fingerprint density at radius 2 is 1.82 bits per heavy atom. The predicted octanol–water partition coefficient (Wildman–Crippen LogP) is 4.06. The molecule has 1 N–H and O–H groups in total. The van der Waals surface area contributed by atoms with Crippen LogP contribution in [0.3, 0.4) is 0 Å². The van der Waals surface area contributed by atoms with Gasteiger partial charge in [-0.05, 0) is 43.3 Å². The van der Waals surface area contributed by atoms with Crippen LogP contribution in [0, 0.1) is 11.3 Å². The molecule has 0 aliphatic heterocycles. The van der Waals surface area contributed by atoms with Crippen LogP contribution in [0.2, 0.25) is 0 Å². The van der Waals surface area contributed by atoms with Crippen molar-refractivity contribution >= 4 is 23.4 Å². The normalized spacial score (nSPS) is 11.3. The molecule has 2 aromatic carbocycles. The number of amides is 1. The molecule has 0 fully saturated rings. The second-order valence-corrected chi connectivity index (χ2v) is 5.87. The number of ether oxygens (including phenoxy) is 1. The Morgan fingerprint density at radius 3 is 2.45 bits per heavy atom. The van der Waals surface area contributed by atoms with Crippen molar-refractivity contribution in [2.45, 2.75) is 12.2 Å². The van der Waals surface area contributed by atoms with Gasteiger partial charge < -0.3 is 10.1 Å². The minimum atomic E-state index is -0.264. The minimum absolute atomic E-state index is 0.114. The van der Waals surface area contributed by atoms with E-state index in [1.54, 1.807) is 31.2 Å². The molecule has 0 saturated carbocycles.